The van der Waals surface area contributed by atoms with Crippen molar-refractivity contribution in [1.29, 1.82) is 0 Å². The Hall–Kier alpha value is -3.81. The van der Waals surface area contributed by atoms with E-state index in [2.05, 4.69) is 11.6 Å². The van der Waals surface area contributed by atoms with Crippen LogP contribution in [0.4, 0.5) is 23.7 Å². The van der Waals surface area contributed by atoms with E-state index < -0.39 is 34.4 Å². The second kappa shape index (κ2) is 13.3. The van der Waals surface area contributed by atoms with Crippen LogP contribution in [-0.4, -0.2) is 56.1 Å². The molecule has 1 aliphatic heterocycles. The van der Waals surface area contributed by atoms with Gasteiger partial charge in [-0.2, -0.15) is 0 Å². The summed E-state index contributed by atoms with van der Waals surface area (Å²) in [5.74, 6) is -1.28. The van der Waals surface area contributed by atoms with Crippen LogP contribution in [0.15, 0.2) is 66.3 Å². The smallest absolute Gasteiger partial charge is 0.418 e. The maximum Gasteiger partial charge on any atom is 0.418 e. The maximum absolute atomic E-state index is 15.8. The van der Waals surface area contributed by atoms with Crippen LogP contribution >= 0.6 is 21.6 Å². The summed E-state index contributed by atoms with van der Waals surface area (Å²) < 4.78 is 53.9. The summed E-state index contributed by atoms with van der Waals surface area (Å²) in [6, 6.07) is 11.0. The maximum atomic E-state index is 15.8. The van der Waals surface area contributed by atoms with Crippen molar-refractivity contribution < 1.29 is 27.6 Å². The minimum absolute atomic E-state index is 0.00378. The fraction of sp³-hybridized carbons (Fsp3) is 0.312. The van der Waals surface area contributed by atoms with Crippen molar-refractivity contribution in [2.45, 2.75) is 50.0 Å². The minimum atomic E-state index is -1.71. The number of fused-ring (bicyclic) bond motifs is 3. The van der Waals surface area contributed by atoms with Gasteiger partial charge in [-0.15, -0.1) is 0 Å². The molecule has 45 heavy (non-hydrogen) atoms. The normalized spacial score (nSPS) is 16.8. The van der Waals surface area contributed by atoms with E-state index in [1.54, 1.807) is 17.0 Å². The molecule has 2 atom stereocenters. The highest BCUT2D eigenvalue weighted by atomic mass is 33.1. The molecule has 0 saturated heterocycles. The van der Waals surface area contributed by atoms with Crippen LogP contribution in [0.1, 0.15) is 49.2 Å². The van der Waals surface area contributed by atoms with Gasteiger partial charge in [0.2, 0.25) is 0 Å². The number of nitro groups is 1. The molecule has 2 aromatic heterocycles. The van der Waals surface area contributed by atoms with Crippen LogP contribution < -0.4 is 0 Å². The van der Waals surface area contributed by atoms with E-state index in [0.29, 0.717) is 28.4 Å². The van der Waals surface area contributed by atoms with E-state index in [4.69, 9.17) is 4.74 Å². The number of carbonyl (C=O) groups excluding carboxylic acids is 1. The summed E-state index contributed by atoms with van der Waals surface area (Å²) in [6.07, 6.45) is 2.21. The summed E-state index contributed by atoms with van der Waals surface area (Å²) in [6.45, 7) is 8.18. The summed E-state index contributed by atoms with van der Waals surface area (Å²) in [7, 11) is 2.62. The first-order valence-electron chi connectivity index (χ1n) is 14.1. The topological polar surface area (TPSA) is 90.5 Å². The molecule has 0 saturated carbocycles. The average molecular weight is 657 g/mol. The molecule has 2 aromatic carbocycles. The van der Waals surface area contributed by atoms with E-state index in [-0.39, 0.29) is 36.0 Å². The first-order valence-corrected chi connectivity index (χ1v) is 16.5. The summed E-state index contributed by atoms with van der Waals surface area (Å²) >= 11 is 0. The molecule has 0 amide bonds. The summed E-state index contributed by atoms with van der Waals surface area (Å²) in [4.78, 5) is 29.9. The van der Waals surface area contributed by atoms with Crippen molar-refractivity contribution in [1.82, 2.24) is 14.5 Å². The van der Waals surface area contributed by atoms with Crippen LogP contribution in [0.5, 0.6) is 0 Å². The number of benzene rings is 2. The zero-order chi connectivity index (χ0) is 32.5. The molecule has 3 heterocycles. The minimum Gasteiger partial charge on any atom is -0.448 e. The number of ether oxygens (including phenoxy) is 1. The van der Waals surface area contributed by atoms with Gasteiger partial charge >= 0.3 is 6.09 Å². The number of carbonyl (C=O) groups is 1. The van der Waals surface area contributed by atoms with Crippen LogP contribution in [0.2, 0.25) is 0 Å². The molecule has 236 valence electrons. The molecule has 5 rings (SSSR count). The molecule has 0 radical (unpaired) electrons. The Morgan fingerprint density at radius 1 is 1.22 bits per heavy atom. The highest BCUT2D eigenvalue weighted by Gasteiger charge is 2.43. The number of alkyl halides is 1. The highest BCUT2D eigenvalue weighted by molar-refractivity contribution is 8.76. The second-order valence-corrected chi connectivity index (χ2v) is 13.7. The lowest BCUT2D eigenvalue weighted by atomic mass is 9.86. The lowest BCUT2D eigenvalue weighted by molar-refractivity contribution is -0.385. The number of halogens is 3. The quantitative estimate of drug-likeness (QED) is 0.0728. The van der Waals surface area contributed by atoms with E-state index >= 15 is 13.2 Å². The van der Waals surface area contributed by atoms with Crippen molar-refractivity contribution in [2.24, 2.45) is 0 Å². The Morgan fingerprint density at radius 3 is 2.56 bits per heavy atom. The number of aromatic nitrogens is 2. The van der Waals surface area contributed by atoms with Gasteiger partial charge in [-0.25, -0.2) is 27.5 Å². The largest absolute Gasteiger partial charge is 0.448 e. The van der Waals surface area contributed by atoms with Gasteiger partial charge in [-0.1, -0.05) is 41.6 Å². The molecule has 0 bridgehead atoms. The molecule has 0 aliphatic carbocycles. The Bertz CT molecular complexity index is 1730. The van der Waals surface area contributed by atoms with Gasteiger partial charge in [-0.3, -0.25) is 15.0 Å². The fourth-order valence-electron chi connectivity index (χ4n) is 5.68. The summed E-state index contributed by atoms with van der Waals surface area (Å²) in [5.41, 5.74) is -0.238. The van der Waals surface area contributed by atoms with Gasteiger partial charge in [0, 0.05) is 35.4 Å². The van der Waals surface area contributed by atoms with E-state index in [1.807, 2.05) is 19.1 Å². The molecule has 1 aliphatic rings. The first-order chi connectivity index (χ1) is 21.4. The van der Waals surface area contributed by atoms with Crippen LogP contribution in [-0.2, 0) is 11.2 Å². The molecule has 0 N–H and O–H groups in total. The second-order valence-electron chi connectivity index (χ2n) is 11.3. The van der Waals surface area contributed by atoms with Gasteiger partial charge in [0.25, 0.3) is 5.69 Å². The Kier molecular flexibility index (Phi) is 9.61. The number of rotatable bonds is 10. The predicted octanol–water partition coefficient (Wildman–Crippen LogP) is 8.38. The van der Waals surface area contributed by atoms with Gasteiger partial charge in [0.1, 0.15) is 35.1 Å². The molecule has 0 spiro atoms. The van der Waals surface area contributed by atoms with E-state index in [1.165, 1.54) is 76.5 Å². The number of hydrogen-bond donors (Lipinski definition) is 0. The van der Waals surface area contributed by atoms with Gasteiger partial charge < -0.3 is 4.74 Å². The highest BCUT2D eigenvalue weighted by Crippen LogP contribution is 2.45. The molecule has 4 aromatic rings. The van der Waals surface area contributed by atoms with Gasteiger partial charge in [-0.05, 0) is 73.4 Å². The van der Waals surface area contributed by atoms with Crippen molar-refractivity contribution in [3.63, 3.8) is 0 Å². The van der Waals surface area contributed by atoms with E-state index in [0.717, 1.165) is 10.9 Å². The first kappa shape index (κ1) is 32.6. The summed E-state index contributed by atoms with van der Waals surface area (Å²) in [5, 5.41) is 12.1. The molecule has 8 nitrogen and oxygen atoms in total. The lowest BCUT2D eigenvalue weighted by Gasteiger charge is -2.43. The monoisotopic (exact) mass is 656 g/mol. The third-order valence-corrected chi connectivity index (χ3v) is 9.73. The van der Waals surface area contributed by atoms with Gasteiger partial charge in [0.15, 0.2) is 0 Å². The van der Waals surface area contributed by atoms with Crippen molar-refractivity contribution in [3.8, 4) is 0 Å². The lowest BCUT2D eigenvalue weighted by Crippen LogP contribution is -2.49. The number of pyridine rings is 1. The molecular weight excluding hydrogens is 626 g/mol. The van der Waals surface area contributed by atoms with E-state index in [9.17, 15) is 14.9 Å². The van der Waals surface area contributed by atoms with Gasteiger partial charge in [0.05, 0.1) is 22.2 Å². The SMILES string of the molecule is C=Cc1cc(F)c([C@@H]2c3c(c4ccccc4n3C(=O)OCCSSc3ccc([N+](=O)[O-])cn3)C[C@@H](C)N2CC(C)(C)F)c(F)c1. The molecule has 0 fully saturated rings. The van der Waals surface area contributed by atoms with Crippen molar-refractivity contribution in [3.05, 3.63) is 105 Å². The fourth-order valence-corrected chi connectivity index (χ4v) is 7.36. The number of para-hydroxylation sites is 1. The number of hydrogen-bond acceptors (Lipinski definition) is 8. The Morgan fingerprint density at radius 2 is 1.93 bits per heavy atom. The Balaban J connectivity index is 1.49. The molecular formula is C32H31F3N4O4S2. The predicted molar refractivity (Wildman–Crippen MR) is 171 cm³/mol. The molecule has 0 unspecified atom stereocenters. The van der Waals surface area contributed by atoms with Crippen LogP contribution in [0.3, 0.4) is 0 Å². The van der Waals surface area contributed by atoms with Crippen LogP contribution in [0.25, 0.3) is 17.0 Å². The third kappa shape index (κ3) is 6.90. The number of nitrogens with zero attached hydrogens (tertiary/aromatic N) is 4. The zero-order valence-corrected chi connectivity index (χ0v) is 26.5. The standard InChI is InChI=1S/C32H31F3N4O4S2/c1-5-20-15-24(33)28(25(34)16-20)30-29-23(14-19(2)37(30)18-32(3,4)35)22-8-6-7-9-26(22)38(29)31(40)43-12-13-44-45-27-11-10-21(17-36-27)39(41)42/h5-11,15-17,19,30H,1,12-14,18H2,2-4H3/t19-,30-/m1/s1. The molecule has 13 heteroatoms. The Labute approximate surface area is 266 Å². The van der Waals surface area contributed by atoms with Crippen molar-refractivity contribution >= 4 is 50.3 Å². The average Bonchev–Trinajstić information content (AvgIpc) is 3.31. The van der Waals surface area contributed by atoms with Crippen molar-refractivity contribution in [2.75, 3.05) is 18.9 Å². The van der Waals surface area contributed by atoms with Crippen LogP contribution in [0, 0.1) is 21.7 Å². The third-order valence-electron chi connectivity index (χ3n) is 7.50. The zero-order valence-electron chi connectivity index (χ0n) is 24.8.